The van der Waals surface area contributed by atoms with Crippen LogP contribution in [0.15, 0.2) is 46.9 Å². The van der Waals surface area contributed by atoms with Gasteiger partial charge in [0.15, 0.2) is 11.0 Å². The zero-order valence-electron chi connectivity index (χ0n) is 16.5. The summed E-state index contributed by atoms with van der Waals surface area (Å²) in [6, 6.07) is 9.09. The SMILES string of the molecule is Cc1cc(C)c2c(=O)c3cccc(NC=C4C(=O)OC(C)(C)OC4=O)c3[nH]c2c1. The minimum Gasteiger partial charge on any atom is -0.419 e. The zero-order valence-corrected chi connectivity index (χ0v) is 16.5. The van der Waals surface area contributed by atoms with E-state index in [-0.39, 0.29) is 11.0 Å². The number of carbonyl (C=O) groups is 2. The van der Waals surface area contributed by atoms with Crippen LogP contribution in [0.4, 0.5) is 5.69 Å². The van der Waals surface area contributed by atoms with E-state index in [0.717, 1.165) is 16.6 Å². The largest absolute Gasteiger partial charge is 0.419 e. The first-order valence-corrected chi connectivity index (χ1v) is 9.15. The molecule has 0 radical (unpaired) electrons. The average Bonchev–Trinajstić information content (AvgIpc) is 2.59. The van der Waals surface area contributed by atoms with E-state index in [1.54, 1.807) is 18.2 Å². The smallest absolute Gasteiger partial charge is 0.350 e. The van der Waals surface area contributed by atoms with E-state index in [9.17, 15) is 14.4 Å². The number of aromatic amines is 1. The van der Waals surface area contributed by atoms with Crippen molar-refractivity contribution in [2.24, 2.45) is 0 Å². The number of fused-ring (bicyclic) bond motifs is 2. The third-order valence-corrected chi connectivity index (χ3v) is 4.76. The van der Waals surface area contributed by atoms with E-state index in [2.05, 4.69) is 10.3 Å². The molecule has 0 atom stereocenters. The van der Waals surface area contributed by atoms with E-state index >= 15 is 0 Å². The van der Waals surface area contributed by atoms with Crippen molar-refractivity contribution in [2.75, 3.05) is 5.32 Å². The maximum atomic E-state index is 13.0. The van der Waals surface area contributed by atoms with E-state index in [0.29, 0.717) is 22.0 Å². The van der Waals surface area contributed by atoms with Gasteiger partial charge in [0.1, 0.15) is 0 Å². The lowest BCUT2D eigenvalue weighted by Crippen LogP contribution is -2.42. The van der Waals surface area contributed by atoms with Gasteiger partial charge in [-0.2, -0.15) is 0 Å². The first-order valence-electron chi connectivity index (χ1n) is 9.15. The predicted molar refractivity (Wildman–Crippen MR) is 110 cm³/mol. The minimum absolute atomic E-state index is 0.0826. The normalized spacial score (nSPS) is 15.9. The van der Waals surface area contributed by atoms with Crippen molar-refractivity contribution in [3.63, 3.8) is 0 Å². The maximum absolute atomic E-state index is 13.0. The molecule has 3 aromatic rings. The molecule has 0 spiro atoms. The van der Waals surface area contributed by atoms with Gasteiger partial charge in [-0.1, -0.05) is 12.1 Å². The number of benzene rings is 2. The van der Waals surface area contributed by atoms with Crippen molar-refractivity contribution in [3.8, 4) is 0 Å². The van der Waals surface area contributed by atoms with Crippen molar-refractivity contribution in [3.05, 3.63) is 63.5 Å². The number of hydrogen-bond donors (Lipinski definition) is 2. The molecule has 0 amide bonds. The second-order valence-electron chi connectivity index (χ2n) is 7.57. The van der Waals surface area contributed by atoms with Gasteiger partial charge in [0, 0.05) is 30.8 Å². The number of para-hydroxylation sites is 1. The van der Waals surface area contributed by atoms with Gasteiger partial charge >= 0.3 is 11.9 Å². The molecule has 0 bridgehead atoms. The minimum atomic E-state index is -1.30. The summed E-state index contributed by atoms with van der Waals surface area (Å²) >= 11 is 0. The van der Waals surface area contributed by atoms with Crippen LogP contribution in [0.3, 0.4) is 0 Å². The fraction of sp³-hybridized carbons (Fsp3) is 0.227. The van der Waals surface area contributed by atoms with Crippen LogP contribution < -0.4 is 10.7 Å². The molecule has 1 saturated heterocycles. The highest BCUT2D eigenvalue weighted by molar-refractivity contribution is 6.15. The number of rotatable bonds is 2. The van der Waals surface area contributed by atoms with Gasteiger partial charge < -0.3 is 19.8 Å². The van der Waals surface area contributed by atoms with Crippen molar-refractivity contribution in [1.29, 1.82) is 0 Å². The van der Waals surface area contributed by atoms with Gasteiger partial charge in [-0.3, -0.25) is 4.79 Å². The Labute approximate surface area is 166 Å². The van der Waals surface area contributed by atoms with Crippen LogP contribution in [0.2, 0.25) is 0 Å². The Kier molecular flexibility index (Phi) is 4.19. The van der Waals surface area contributed by atoms with Gasteiger partial charge in [-0.05, 0) is 43.2 Å². The van der Waals surface area contributed by atoms with Crippen LogP contribution in [-0.2, 0) is 19.1 Å². The molecule has 2 heterocycles. The second kappa shape index (κ2) is 6.48. The van der Waals surface area contributed by atoms with Crippen molar-refractivity contribution in [2.45, 2.75) is 33.5 Å². The molecule has 2 aromatic carbocycles. The van der Waals surface area contributed by atoms with Crippen LogP contribution in [0.1, 0.15) is 25.0 Å². The standard InChI is InChI=1S/C22H20N2O5/c1-11-8-12(2)17-16(9-11)24-18-13(19(17)25)6-5-7-15(18)23-10-14-20(26)28-22(3,4)29-21(14)27/h5-10,23H,1-4H3,(H,24,25). The monoisotopic (exact) mass is 392 g/mol. The fourth-order valence-electron chi connectivity index (χ4n) is 3.56. The third kappa shape index (κ3) is 3.24. The van der Waals surface area contributed by atoms with Crippen LogP contribution in [0.5, 0.6) is 0 Å². The molecule has 1 aromatic heterocycles. The molecular weight excluding hydrogens is 372 g/mol. The third-order valence-electron chi connectivity index (χ3n) is 4.76. The Bertz CT molecular complexity index is 1260. The summed E-state index contributed by atoms with van der Waals surface area (Å²) in [4.78, 5) is 40.6. The number of cyclic esters (lactones) is 2. The molecule has 7 heteroatoms. The highest BCUT2D eigenvalue weighted by Gasteiger charge is 2.38. The number of aryl methyl sites for hydroxylation is 2. The molecule has 1 fully saturated rings. The van der Waals surface area contributed by atoms with Crippen LogP contribution in [-0.4, -0.2) is 22.7 Å². The number of carbonyl (C=O) groups excluding carboxylic acids is 2. The second-order valence-corrected chi connectivity index (χ2v) is 7.57. The summed E-state index contributed by atoms with van der Waals surface area (Å²) < 4.78 is 10.2. The Morgan fingerprint density at radius 1 is 1.03 bits per heavy atom. The number of hydrogen-bond acceptors (Lipinski definition) is 6. The van der Waals surface area contributed by atoms with Crippen molar-refractivity contribution < 1.29 is 19.1 Å². The number of ether oxygens (including phenoxy) is 2. The number of pyridine rings is 1. The van der Waals surface area contributed by atoms with E-state index in [1.807, 2.05) is 26.0 Å². The first kappa shape index (κ1) is 18.7. The lowest BCUT2D eigenvalue weighted by atomic mass is 10.0. The molecule has 0 saturated carbocycles. The molecular formula is C22H20N2O5. The number of anilines is 1. The molecule has 148 valence electrons. The summed E-state index contributed by atoms with van der Waals surface area (Å²) in [5.74, 6) is -2.85. The van der Waals surface area contributed by atoms with Crippen molar-refractivity contribution in [1.82, 2.24) is 4.98 Å². The Morgan fingerprint density at radius 3 is 2.41 bits per heavy atom. The van der Waals surface area contributed by atoms with Gasteiger partial charge in [-0.15, -0.1) is 0 Å². The van der Waals surface area contributed by atoms with Crippen molar-refractivity contribution >= 4 is 39.4 Å². The summed E-state index contributed by atoms with van der Waals surface area (Å²) in [6.07, 6.45) is 1.23. The van der Waals surface area contributed by atoms with Gasteiger partial charge in [0.05, 0.1) is 16.7 Å². The van der Waals surface area contributed by atoms with Crippen LogP contribution >= 0.6 is 0 Å². The molecule has 29 heavy (non-hydrogen) atoms. The quantitative estimate of drug-likeness (QED) is 0.300. The summed E-state index contributed by atoms with van der Waals surface area (Å²) in [6.45, 7) is 6.84. The van der Waals surface area contributed by atoms with Crippen LogP contribution in [0, 0.1) is 13.8 Å². The molecule has 1 aliphatic rings. The maximum Gasteiger partial charge on any atom is 0.350 e. The van der Waals surface area contributed by atoms with E-state index in [1.165, 1.54) is 20.0 Å². The fourth-order valence-corrected chi connectivity index (χ4v) is 3.56. The molecule has 4 rings (SSSR count). The summed E-state index contributed by atoms with van der Waals surface area (Å²) in [7, 11) is 0. The molecule has 0 aliphatic carbocycles. The highest BCUT2D eigenvalue weighted by Crippen LogP contribution is 2.26. The number of nitrogens with one attached hydrogen (secondary N) is 2. The van der Waals surface area contributed by atoms with Gasteiger partial charge in [-0.25, -0.2) is 9.59 Å². The first-order chi connectivity index (χ1) is 13.7. The lowest BCUT2D eigenvalue weighted by Gasteiger charge is -2.29. The summed E-state index contributed by atoms with van der Waals surface area (Å²) in [5.41, 5.74) is 3.44. The van der Waals surface area contributed by atoms with E-state index < -0.39 is 17.7 Å². The average molecular weight is 392 g/mol. The Morgan fingerprint density at radius 2 is 1.72 bits per heavy atom. The number of esters is 2. The zero-order chi connectivity index (χ0) is 20.9. The van der Waals surface area contributed by atoms with Crippen LogP contribution in [0.25, 0.3) is 21.8 Å². The molecule has 7 nitrogen and oxygen atoms in total. The highest BCUT2D eigenvalue weighted by atomic mass is 16.7. The topological polar surface area (TPSA) is 97.5 Å². The number of aromatic nitrogens is 1. The molecule has 2 N–H and O–H groups in total. The number of H-pyrrole nitrogens is 1. The van der Waals surface area contributed by atoms with Gasteiger partial charge in [0.25, 0.3) is 5.79 Å². The lowest BCUT2D eigenvalue weighted by molar-refractivity contribution is -0.222. The Hall–Kier alpha value is -3.61. The predicted octanol–water partition coefficient (Wildman–Crippen LogP) is 3.43. The van der Waals surface area contributed by atoms with Gasteiger partial charge in [0.2, 0.25) is 0 Å². The molecule has 0 unspecified atom stereocenters. The Balaban J connectivity index is 1.82. The van der Waals surface area contributed by atoms with E-state index in [4.69, 9.17) is 9.47 Å². The summed E-state index contributed by atoms with van der Waals surface area (Å²) in [5, 5.41) is 4.07. The molecule has 1 aliphatic heterocycles.